The number of carbonyl (C=O) groups excluding carboxylic acids is 2. The molecule has 0 aromatic heterocycles. The molecule has 0 radical (unpaired) electrons. The van der Waals surface area contributed by atoms with Crippen LogP contribution in [0.1, 0.15) is 20.3 Å². The molecule has 1 aromatic rings. The van der Waals surface area contributed by atoms with E-state index < -0.39 is 17.9 Å². The molecule has 2 rings (SSSR count). The molecular weight excluding hydrogens is 271 g/mol. The second-order valence-electron chi connectivity index (χ2n) is 4.46. The van der Waals surface area contributed by atoms with E-state index >= 15 is 0 Å². The van der Waals surface area contributed by atoms with Gasteiger partial charge in [0.25, 0.3) is 0 Å². The summed E-state index contributed by atoms with van der Waals surface area (Å²) in [6.45, 7) is 3.41. The van der Waals surface area contributed by atoms with Crippen molar-refractivity contribution in [2.24, 2.45) is 0 Å². The van der Waals surface area contributed by atoms with Gasteiger partial charge in [-0.1, -0.05) is 18.5 Å². The van der Waals surface area contributed by atoms with Crippen molar-refractivity contribution in [3.8, 4) is 0 Å². The highest BCUT2D eigenvalue weighted by atomic mass is 35.5. The van der Waals surface area contributed by atoms with Crippen molar-refractivity contribution in [3.05, 3.63) is 29.0 Å². The lowest BCUT2D eigenvalue weighted by Crippen LogP contribution is -2.62. The molecule has 1 aromatic carbocycles. The smallest absolute Gasteiger partial charge is 0.250 e. The molecule has 1 aliphatic rings. The third-order valence-electron chi connectivity index (χ3n) is 3.14. The van der Waals surface area contributed by atoms with Crippen LogP contribution in [0.2, 0.25) is 5.02 Å². The minimum atomic E-state index is -0.619. The normalized spacial score (nSPS) is 23.5. The number of benzene rings is 1. The number of amides is 2. The topological polar surface area (TPSA) is 49.4 Å². The number of halogens is 2. The average molecular weight is 285 g/mol. The molecule has 1 saturated heterocycles. The molecule has 0 bridgehead atoms. The molecule has 2 atom stereocenters. The van der Waals surface area contributed by atoms with E-state index in [1.54, 1.807) is 13.8 Å². The van der Waals surface area contributed by atoms with Gasteiger partial charge in [0, 0.05) is 0 Å². The predicted molar refractivity (Wildman–Crippen MR) is 70.6 cm³/mol. The number of rotatable bonds is 2. The highest BCUT2D eigenvalue weighted by Crippen LogP contribution is 2.30. The number of anilines is 1. The summed E-state index contributed by atoms with van der Waals surface area (Å²) in [5, 5.41) is 2.73. The number of nitrogens with one attached hydrogen (secondary N) is 1. The SMILES string of the molecule is CCC1C(=O)NC(C)C(=O)N1c1ccc(F)cc1Cl. The fourth-order valence-corrected chi connectivity index (χ4v) is 2.44. The molecule has 6 heteroatoms. The van der Waals surface area contributed by atoms with Crippen LogP contribution in [0.3, 0.4) is 0 Å². The lowest BCUT2D eigenvalue weighted by Gasteiger charge is -2.37. The molecule has 102 valence electrons. The molecule has 1 N–H and O–H groups in total. The monoisotopic (exact) mass is 284 g/mol. The van der Waals surface area contributed by atoms with E-state index in [9.17, 15) is 14.0 Å². The molecule has 1 heterocycles. The Labute approximate surface area is 115 Å². The third kappa shape index (κ3) is 2.42. The lowest BCUT2D eigenvalue weighted by atomic mass is 10.0. The van der Waals surface area contributed by atoms with E-state index in [1.807, 2.05) is 0 Å². The summed E-state index contributed by atoms with van der Waals surface area (Å²) in [7, 11) is 0. The molecular formula is C13H14ClFN2O2. The molecule has 4 nitrogen and oxygen atoms in total. The van der Waals surface area contributed by atoms with E-state index in [4.69, 9.17) is 11.6 Å². The van der Waals surface area contributed by atoms with Crippen LogP contribution in [0, 0.1) is 5.82 Å². The quantitative estimate of drug-likeness (QED) is 0.904. The summed E-state index contributed by atoms with van der Waals surface area (Å²) >= 11 is 5.98. The van der Waals surface area contributed by atoms with Gasteiger partial charge in [0.05, 0.1) is 10.7 Å². The molecule has 1 aliphatic heterocycles. The first-order valence-electron chi connectivity index (χ1n) is 6.04. The van der Waals surface area contributed by atoms with Crippen molar-refractivity contribution in [2.75, 3.05) is 4.90 Å². The minimum absolute atomic E-state index is 0.119. The zero-order valence-electron chi connectivity index (χ0n) is 10.6. The van der Waals surface area contributed by atoms with Crippen LogP contribution in [0.25, 0.3) is 0 Å². The molecule has 19 heavy (non-hydrogen) atoms. The third-order valence-corrected chi connectivity index (χ3v) is 3.44. The number of piperazine rings is 1. The van der Waals surface area contributed by atoms with Crippen molar-refractivity contribution in [2.45, 2.75) is 32.4 Å². The fraction of sp³-hybridized carbons (Fsp3) is 0.385. The molecule has 0 saturated carbocycles. The summed E-state index contributed by atoms with van der Waals surface area (Å²) < 4.78 is 13.1. The van der Waals surface area contributed by atoms with Crippen LogP contribution in [-0.4, -0.2) is 23.9 Å². The highest BCUT2D eigenvalue weighted by Gasteiger charge is 2.39. The molecule has 2 unspecified atom stereocenters. The standard InChI is InChI=1S/C13H14ClFN2O2/c1-3-10-12(18)16-7(2)13(19)17(10)11-5-4-8(15)6-9(11)14/h4-7,10H,3H2,1-2H3,(H,16,18). The molecule has 0 aliphatic carbocycles. The van der Waals surface area contributed by atoms with Crippen LogP contribution in [0.4, 0.5) is 10.1 Å². The highest BCUT2D eigenvalue weighted by molar-refractivity contribution is 6.34. The van der Waals surface area contributed by atoms with Crippen LogP contribution in [0.15, 0.2) is 18.2 Å². The zero-order chi connectivity index (χ0) is 14.2. The predicted octanol–water partition coefficient (Wildman–Crippen LogP) is 2.11. The second kappa shape index (κ2) is 5.17. The maximum absolute atomic E-state index is 13.1. The van der Waals surface area contributed by atoms with Gasteiger partial charge < -0.3 is 5.32 Å². The fourth-order valence-electron chi connectivity index (χ4n) is 2.18. The van der Waals surface area contributed by atoms with Crippen molar-refractivity contribution in [1.29, 1.82) is 0 Å². The largest absolute Gasteiger partial charge is 0.343 e. The maximum Gasteiger partial charge on any atom is 0.250 e. The minimum Gasteiger partial charge on any atom is -0.343 e. The van der Waals surface area contributed by atoms with Gasteiger partial charge in [-0.15, -0.1) is 0 Å². The first kappa shape index (κ1) is 13.8. The number of hydrogen-bond donors (Lipinski definition) is 1. The Kier molecular flexibility index (Phi) is 3.75. The first-order valence-corrected chi connectivity index (χ1v) is 6.42. The molecule has 1 fully saturated rings. The summed E-state index contributed by atoms with van der Waals surface area (Å²) in [5.41, 5.74) is 0.363. The van der Waals surface area contributed by atoms with Crippen molar-refractivity contribution < 1.29 is 14.0 Å². The Morgan fingerprint density at radius 3 is 2.68 bits per heavy atom. The Balaban J connectivity index is 2.48. The van der Waals surface area contributed by atoms with Crippen LogP contribution in [0.5, 0.6) is 0 Å². The number of nitrogens with zero attached hydrogens (tertiary/aromatic N) is 1. The number of hydrogen-bond acceptors (Lipinski definition) is 2. The lowest BCUT2D eigenvalue weighted by molar-refractivity contribution is -0.133. The first-order chi connectivity index (χ1) is 8.95. The van der Waals surface area contributed by atoms with Gasteiger partial charge in [-0.3, -0.25) is 14.5 Å². The van der Waals surface area contributed by atoms with Gasteiger partial charge in [0.1, 0.15) is 17.9 Å². The summed E-state index contributed by atoms with van der Waals surface area (Å²) in [6, 6.07) is 2.54. The van der Waals surface area contributed by atoms with Crippen LogP contribution >= 0.6 is 11.6 Å². The number of carbonyl (C=O) groups is 2. The zero-order valence-corrected chi connectivity index (χ0v) is 11.4. The Morgan fingerprint density at radius 1 is 1.42 bits per heavy atom. The van der Waals surface area contributed by atoms with E-state index in [1.165, 1.54) is 17.0 Å². The van der Waals surface area contributed by atoms with E-state index in [0.29, 0.717) is 12.1 Å². The summed E-state index contributed by atoms with van der Waals surface area (Å²) in [4.78, 5) is 25.5. The van der Waals surface area contributed by atoms with Crippen molar-refractivity contribution >= 4 is 29.1 Å². The van der Waals surface area contributed by atoms with E-state index in [2.05, 4.69) is 5.32 Å². The average Bonchev–Trinajstić information content (AvgIpc) is 2.34. The summed E-state index contributed by atoms with van der Waals surface area (Å²) in [5.74, 6) is -0.960. The van der Waals surface area contributed by atoms with Gasteiger partial charge >= 0.3 is 0 Å². The van der Waals surface area contributed by atoms with E-state index in [0.717, 1.165) is 6.07 Å². The molecule has 0 spiro atoms. The van der Waals surface area contributed by atoms with Gasteiger partial charge in [-0.2, -0.15) is 0 Å². The van der Waals surface area contributed by atoms with Gasteiger partial charge in [0.2, 0.25) is 11.8 Å². The van der Waals surface area contributed by atoms with E-state index in [-0.39, 0.29) is 16.8 Å². The summed E-state index contributed by atoms with van der Waals surface area (Å²) in [6.07, 6.45) is 0.456. The molecule has 2 amide bonds. The van der Waals surface area contributed by atoms with Crippen molar-refractivity contribution in [3.63, 3.8) is 0 Å². The maximum atomic E-state index is 13.1. The van der Waals surface area contributed by atoms with Gasteiger partial charge in [-0.25, -0.2) is 4.39 Å². The Hall–Kier alpha value is -1.62. The van der Waals surface area contributed by atoms with Crippen LogP contribution < -0.4 is 10.2 Å². The second-order valence-corrected chi connectivity index (χ2v) is 4.87. The Morgan fingerprint density at radius 2 is 2.11 bits per heavy atom. The van der Waals surface area contributed by atoms with Crippen molar-refractivity contribution in [1.82, 2.24) is 5.32 Å². The van der Waals surface area contributed by atoms with Gasteiger partial charge in [-0.05, 0) is 31.5 Å². The Bertz CT molecular complexity index is 535. The van der Waals surface area contributed by atoms with Gasteiger partial charge in [0.15, 0.2) is 0 Å². The van der Waals surface area contributed by atoms with Crippen LogP contribution in [-0.2, 0) is 9.59 Å².